The average Bonchev–Trinajstić information content (AvgIpc) is 2.79. The molecule has 0 spiro atoms. The van der Waals surface area contributed by atoms with E-state index in [4.69, 9.17) is 9.47 Å². The van der Waals surface area contributed by atoms with Crippen molar-refractivity contribution in [3.05, 3.63) is 30.6 Å². The zero-order valence-corrected chi connectivity index (χ0v) is 10.9. The minimum Gasteiger partial charge on any atom is -0.465 e. The number of nitrogens with zero attached hydrogens (tertiary/aromatic N) is 3. The van der Waals surface area contributed by atoms with Crippen LogP contribution in [0.2, 0.25) is 0 Å². The van der Waals surface area contributed by atoms with Crippen LogP contribution >= 0.6 is 0 Å². The van der Waals surface area contributed by atoms with E-state index >= 15 is 0 Å². The molecule has 0 saturated carbocycles. The van der Waals surface area contributed by atoms with Crippen molar-refractivity contribution < 1.29 is 14.3 Å². The van der Waals surface area contributed by atoms with Crippen molar-refractivity contribution in [2.24, 2.45) is 7.05 Å². The third kappa shape index (κ3) is 3.31. The van der Waals surface area contributed by atoms with E-state index in [-0.39, 0.29) is 6.61 Å². The molecule has 19 heavy (non-hydrogen) atoms. The summed E-state index contributed by atoms with van der Waals surface area (Å²) in [6.07, 6.45) is 3.42. The third-order valence-electron chi connectivity index (χ3n) is 2.48. The van der Waals surface area contributed by atoms with Crippen LogP contribution in [0, 0.1) is 0 Å². The van der Waals surface area contributed by atoms with Gasteiger partial charge in [0.1, 0.15) is 0 Å². The molecule has 100 valence electrons. The van der Waals surface area contributed by atoms with E-state index in [9.17, 15) is 4.79 Å². The predicted octanol–water partition coefficient (Wildman–Crippen LogP) is 1.42. The van der Waals surface area contributed by atoms with E-state index < -0.39 is 5.97 Å². The molecule has 2 heterocycles. The number of carbonyl (C=O) groups excluding carboxylic acids is 1. The first-order valence-corrected chi connectivity index (χ1v) is 5.93. The average molecular weight is 261 g/mol. The summed E-state index contributed by atoms with van der Waals surface area (Å²) in [5.74, 6) is -0.0130. The summed E-state index contributed by atoms with van der Waals surface area (Å²) in [6.45, 7) is 1.95. The van der Waals surface area contributed by atoms with Crippen LogP contribution in [0.1, 0.15) is 6.92 Å². The Kier molecular flexibility index (Phi) is 4.12. The maximum absolute atomic E-state index is 11.2. The number of esters is 1. The molecule has 0 bridgehead atoms. The van der Waals surface area contributed by atoms with Gasteiger partial charge in [0.25, 0.3) is 0 Å². The predicted molar refractivity (Wildman–Crippen MR) is 68.6 cm³/mol. The second-order valence-corrected chi connectivity index (χ2v) is 3.82. The van der Waals surface area contributed by atoms with Crippen molar-refractivity contribution in [3.8, 4) is 17.1 Å². The third-order valence-corrected chi connectivity index (χ3v) is 2.48. The maximum Gasteiger partial charge on any atom is 0.344 e. The quantitative estimate of drug-likeness (QED) is 0.762. The molecular formula is C13H15N3O3. The number of hydrogen-bond donors (Lipinski definition) is 0. The zero-order chi connectivity index (χ0) is 13.7. The summed E-state index contributed by atoms with van der Waals surface area (Å²) in [5, 5.41) is 4.19. The van der Waals surface area contributed by atoms with E-state index in [0.717, 1.165) is 11.3 Å². The molecule has 0 radical (unpaired) electrons. The monoisotopic (exact) mass is 261 g/mol. The molecule has 2 aromatic rings. The van der Waals surface area contributed by atoms with Gasteiger partial charge in [-0.05, 0) is 19.1 Å². The van der Waals surface area contributed by atoms with Crippen LogP contribution in [-0.2, 0) is 16.6 Å². The minimum atomic E-state index is -0.404. The molecule has 0 aromatic carbocycles. The Labute approximate surface area is 111 Å². The van der Waals surface area contributed by atoms with E-state index in [1.54, 1.807) is 30.1 Å². The number of hydrogen-bond acceptors (Lipinski definition) is 5. The van der Waals surface area contributed by atoms with Gasteiger partial charge in [0, 0.05) is 31.1 Å². The fourth-order valence-electron chi connectivity index (χ4n) is 1.64. The molecule has 6 nitrogen and oxygen atoms in total. The Morgan fingerprint density at radius 1 is 1.37 bits per heavy atom. The van der Waals surface area contributed by atoms with Gasteiger partial charge in [0.15, 0.2) is 6.61 Å². The molecular weight excluding hydrogens is 246 g/mol. The molecule has 0 fully saturated rings. The second kappa shape index (κ2) is 5.99. The van der Waals surface area contributed by atoms with Gasteiger partial charge in [-0.25, -0.2) is 4.79 Å². The highest BCUT2D eigenvalue weighted by Crippen LogP contribution is 2.22. The highest BCUT2D eigenvalue weighted by molar-refractivity contribution is 5.71. The van der Waals surface area contributed by atoms with E-state index in [1.165, 1.54) is 0 Å². The van der Waals surface area contributed by atoms with Crippen LogP contribution < -0.4 is 4.74 Å². The number of aryl methyl sites for hydroxylation is 1. The maximum atomic E-state index is 11.2. The van der Waals surface area contributed by atoms with E-state index in [2.05, 4.69) is 10.1 Å². The van der Waals surface area contributed by atoms with Crippen molar-refractivity contribution in [1.29, 1.82) is 0 Å². The van der Waals surface area contributed by atoms with E-state index in [1.807, 2.05) is 19.2 Å². The smallest absolute Gasteiger partial charge is 0.344 e. The van der Waals surface area contributed by atoms with Crippen molar-refractivity contribution >= 4 is 5.97 Å². The number of pyridine rings is 1. The highest BCUT2D eigenvalue weighted by Gasteiger charge is 2.10. The molecule has 2 rings (SSSR count). The van der Waals surface area contributed by atoms with Gasteiger partial charge in [-0.2, -0.15) is 0 Å². The van der Waals surface area contributed by atoms with Crippen molar-refractivity contribution in [2.45, 2.75) is 6.92 Å². The fourth-order valence-corrected chi connectivity index (χ4v) is 1.64. The zero-order valence-electron chi connectivity index (χ0n) is 10.9. The van der Waals surface area contributed by atoms with Gasteiger partial charge in [-0.15, -0.1) is 5.10 Å². The molecule has 0 aliphatic carbocycles. The van der Waals surface area contributed by atoms with Gasteiger partial charge < -0.3 is 9.47 Å². The van der Waals surface area contributed by atoms with Gasteiger partial charge in [0.2, 0.25) is 5.88 Å². The summed E-state index contributed by atoms with van der Waals surface area (Å²) in [4.78, 5) is 15.2. The van der Waals surface area contributed by atoms with Crippen molar-refractivity contribution in [2.75, 3.05) is 13.2 Å². The molecule has 0 aliphatic heterocycles. The van der Waals surface area contributed by atoms with Crippen LogP contribution in [-0.4, -0.2) is 33.9 Å². The summed E-state index contributed by atoms with van der Waals surface area (Å²) < 4.78 is 11.8. The van der Waals surface area contributed by atoms with Gasteiger partial charge in [-0.3, -0.25) is 9.67 Å². The van der Waals surface area contributed by atoms with Crippen LogP contribution in [0.15, 0.2) is 30.6 Å². The first-order chi connectivity index (χ1) is 9.20. The topological polar surface area (TPSA) is 66.2 Å². The molecule has 0 aliphatic rings. The number of ether oxygens (including phenoxy) is 2. The Morgan fingerprint density at radius 2 is 2.11 bits per heavy atom. The summed E-state index contributed by atoms with van der Waals surface area (Å²) in [7, 11) is 1.81. The van der Waals surface area contributed by atoms with Gasteiger partial charge >= 0.3 is 5.97 Å². The molecule has 0 N–H and O–H groups in total. The van der Waals surface area contributed by atoms with Crippen molar-refractivity contribution in [1.82, 2.24) is 14.8 Å². The first kappa shape index (κ1) is 13.1. The number of rotatable bonds is 5. The molecule has 0 amide bonds. The Balaban J connectivity index is 2.07. The molecule has 0 atom stereocenters. The summed E-state index contributed by atoms with van der Waals surface area (Å²) in [6, 6.07) is 5.53. The normalized spacial score (nSPS) is 10.2. The van der Waals surface area contributed by atoms with E-state index in [0.29, 0.717) is 12.5 Å². The van der Waals surface area contributed by atoms with Crippen LogP contribution in [0.3, 0.4) is 0 Å². The van der Waals surface area contributed by atoms with Gasteiger partial charge in [-0.1, -0.05) is 0 Å². The lowest BCUT2D eigenvalue weighted by Crippen LogP contribution is -2.14. The lowest BCUT2D eigenvalue weighted by atomic mass is 10.2. The summed E-state index contributed by atoms with van der Waals surface area (Å²) in [5.41, 5.74) is 1.87. The summed E-state index contributed by atoms with van der Waals surface area (Å²) >= 11 is 0. The Bertz CT molecular complexity index is 552. The molecule has 0 saturated heterocycles. The molecule has 2 aromatic heterocycles. The first-order valence-electron chi connectivity index (χ1n) is 5.93. The van der Waals surface area contributed by atoms with Crippen LogP contribution in [0.5, 0.6) is 5.88 Å². The number of aromatic nitrogens is 3. The second-order valence-electron chi connectivity index (χ2n) is 3.82. The SMILES string of the molecule is CCOC(=O)COc1cc(-c2ccncc2)n(C)n1. The standard InChI is InChI=1S/C13H15N3O3/c1-3-18-13(17)9-19-12-8-11(16(2)15-12)10-4-6-14-7-5-10/h4-8H,3,9H2,1-2H3. The fraction of sp³-hybridized carbons (Fsp3) is 0.308. The van der Waals surface area contributed by atoms with Crippen LogP contribution in [0.4, 0.5) is 0 Å². The number of carbonyl (C=O) groups is 1. The van der Waals surface area contributed by atoms with Gasteiger partial charge in [0.05, 0.1) is 12.3 Å². The highest BCUT2D eigenvalue weighted by atomic mass is 16.6. The Morgan fingerprint density at radius 3 is 2.79 bits per heavy atom. The lowest BCUT2D eigenvalue weighted by molar-refractivity contribution is -0.145. The molecule has 6 heteroatoms. The lowest BCUT2D eigenvalue weighted by Gasteiger charge is -2.01. The largest absolute Gasteiger partial charge is 0.465 e. The minimum absolute atomic E-state index is 0.138. The van der Waals surface area contributed by atoms with Crippen molar-refractivity contribution in [3.63, 3.8) is 0 Å². The Hall–Kier alpha value is -2.37. The van der Waals surface area contributed by atoms with Crippen LogP contribution in [0.25, 0.3) is 11.3 Å². The molecule has 0 unspecified atom stereocenters.